The Bertz CT molecular complexity index is 1280. The predicted molar refractivity (Wildman–Crippen MR) is 121 cm³/mol. The average Bonchev–Trinajstić information content (AvgIpc) is 3.53. The van der Waals surface area contributed by atoms with Gasteiger partial charge >= 0.3 is 5.97 Å². The molecule has 0 fully saturated rings. The lowest BCUT2D eigenvalue weighted by molar-refractivity contribution is 0.0526. The van der Waals surface area contributed by atoms with Gasteiger partial charge in [-0.05, 0) is 60.3 Å². The molecule has 2 aromatic heterocycles. The Labute approximate surface area is 187 Å². The number of carbonyl (C=O) groups excluding carboxylic acids is 2. The predicted octanol–water partition coefficient (Wildman–Crippen LogP) is 4.77. The summed E-state index contributed by atoms with van der Waals surface area (Å²) in [6.07, 6.45) is 0. The number of nitrogens with zero attached hydrogens (tertiary/aromatic N) is 2. The van der Waals surface area contributed by atoms with Crippen LogP contribution in [0, 0.1) is 0 Å². The van der Waals surface area contributed by atoms with Gasteiger partial charge in [0.25, 0.3) is 5.91 Å². The maximum atomic E-state index is 13.5. The molecule has 0 saturated carbocycles. The third-order valence-electron chi connectivity index (χ3n) is 5.39. The van der Waals surface area contributed by atoms with Crippen LogP contribution in [0.3, 0.4) is 0 Å². The monoisotopic (exact) mass is 445 g/mol. The van der Waals surface area contributed by atoms with E-state index in [2.05, 4.69) is 10.2 Å². The van der Waals surface area contributed by atoms with Crippen molar-refractivity contribution in [2.45, 2.75) is 13.0 Å². The molecule has 0 spiro atoms. The normalized spacial score (nSPS) is 15.1. The van der Waals surface area contributed by atoms with E-state index in [-0.39, 0.29) is 11.7 Å². The van der Waals surface area contributed by atoms with Crippen LogP contribution < -0.4 is 4.90 Å². The average molecular weight is 446 g/mol. The van der Waals surface area contributed by atoms with Crippen molar-refractivity contribution < 1.29 is 19.4 Å². The summed E-state index contributed by atoms with van der Waals surface area (Å²) in [5.41, 5.74) is 3.84. The Morgan fingerprint density at radius 2 is 1.91 bits per heavy atom. The van der Waals surface area contributed by atoms with E-state index >= 15 is 0 Å². The van der Waals surface area contributed by atoms with Gasteiger partial charge in [-0.25, -0.2) is 4.79 Å². The second-order valence-corrected chi connectivity index (χ2v) is 8.22. The number of hydrogen-bond acceptors (Lipinski definition) is 6. The summed E-state index contributed by atoms with van der Waals surface area (Å²) >= 11 is 1.56. The number of aromatic amines is 1. The van der Waals surface area contributed by atoms with Crippen molar-refractivity contribution in [1.82, 2.24) is 10.2 Å². The fourth-order valence-electron chi connectivity index (χ4n) is 3.96. The molecule has 1 amide bonds. The first-order chi connectivity index (χ1) is 15.6. The third-order valence-corrected chi connectivity index (χ3v) is 6.28. The Balaban J connectivity index is 1.62. The van der Waals surface area contributed by atoms with E-state index in [4.69, 9.17) is 4.74 Å². The molecule has 1 atom stereocenters. The zero-order valence-electron chi connectivity index (χ0n) is 17.1. The first-order valence-electron chi connectivity index (χ1n) is 10.1. The molecule has 3 heterocycles. The summed E-state index contributed by atoms with van der Waals surface area (Å²) in [5.74, 6) is -0.495. The molecule has 0 unspecified atom stereocenters. The van der Waals surface area contributed by atoms with E-state index in [0.717, 1.165) is 21.7 Å². The van der Waals surface area contributed by atoms with E-state index in [0.29, 0.717) is 23.6 Å². The van der Waals surface area contributed by atoms with Gasteiger partial charge < -0.3 is 9.84 Å². The van der Waals surface area contributed by atoms with E-state index in [1.54, 1.807) is 71.7 Å². The summed E-state index contributed by atoms with van der Waals surface area (Å²) in [7, 11) is 0. The molecule has 160 valence electrons. The van der Waals surface area contributed by atoms with Crippen LogP contribution in [0.2, 0.25) is 0 Å². The van der Waals surface area contributed by atoms with Crippen LogP contribution in [0.15, 0.2) is 66.0 Å². The van der Waals surface area contributed by atoms with E-state index in [1.807, 2.05) is 17.5 Å². The number of amides is 1. The zero-order chi connectivity index (χ0) is 22.2. The van der Waals surface area contributed by atoms with Gasteiger partial charge in [-0.15, -0.1) is 11.3 Å². The van der Waals surface area contributed by atoms with Crippen LogP contribution in [-0.4, -0.2) is 33.8 Å². The molecule has 7 nitrogen and oxygen atoms in total. The summed E-state index contributed by atoms with van der Waals surface area (Å²) in [6.45, 7) is 2.05. The molecular formula is C24H19N3O4S. The molecule has 4 aromatic rings. The topological polar surface area (TPSA) is 95.5 Å². The minimum atomic E-state index is -0.442. The SMILES string of the molecule is CCOC(=O)c1ccc(N2C(=O)c3n[nH]c(-c4cccs4)c3[C@@H]2c2ccc(O)cc2)cc1. The van der Waals surface area contributed by atoms with Gasteiger partial charge in [-0.1, -0.05) is 18.2 Å². The van der Waals surface area contributed by atoms with E-state index < -0.39 is 12.0 Å². The Kier molecular flexibility index (Phi) is 4.99. The van der Waals surface area contributed by atoms with Crippen molar-refractivity contribution >= 4 is 28.9 Å². The molecule has 0 saturated heterocycles. The van der Waals surface area contributed by atoms with Crippen LogP contribution in [0.5, 0.6) is 5.75 Å². The zero-order valence-corrected chi connectivity index (χ0v) is 17.9. The second-order valence-electron chi connectivity index (χ2n) is 7.27. The molecule has 0 aliphatic carbocycles. The number of benzene rings is 2. The molecular weight excluding hydrogens is 426 g/mol. The number of esters is 1. The molecule has 0 bridgehead atoms. The van der Waals surface area contributed by atoms with Gasteiger partial charge in [0.2, 0.25) is 0 Å². The largest absolute Gasteiger partial charge is 0.508 e. The number of aromatic hydroxyl groups is 1. The minimum absolute atomic E-state index is 0.148. The Morgan fingerprint density at radius 3 is 2.56 bits per heavy atom. The number of phenolic OH excluding ortho intramolecular Hbond substituents is 1. The van der Waals surface area contributed by atoms with Crippen LogP contribution >= 0.6 is 11.3 Å². The van der Waals surface area contributed by atoms with Crippen LogP contribution in [0.4, 0.5) is 5.69 Å². The highest BCUT2D eigenvalue weighted by atomic mass is 32.1. The summed E-state index contributed by atoms with van der Waals surface area (Å²) in [5, 5.41) is 19.1. The number of hydrogen-bond donors (Lipinski definition) is 2. The number of carbonyl (C=O) groups is 2. The maximum absolute atomic E-state index is 13.5. The van der Waals surface area contributed by atoms with Gasteiger partial charge in [0.05, 0.1) is 28.8 Å². The first-order valence-corrected chi connectivity index (χ1v) is 11.0. The highest BCUT2D eigenvalue weighted by Gasteiger charge is 2.43. The van der Waals surface area contributed by atoms with Crippen molar-refractivity contribution in [3.63, 3.8) is 0 Å². The van der Waals surface area contributed by atoms with Crippen molar-refractivity contribution in [2.75, 3.05) is 11.5 Å². The fourth-order valence-corrected chi connectivity index (χ4v) is 4.69. The quantitative estimate of drug-likeness (QED) is 0.432. The number of H-pyrrole nitrogens is 1. The second kappa shape index (κ2) is 7.97. The lowest BCUT2D eigenvalue weighted by Crippen LogP contribution is -2.29. The smallest absolute Gasteiger partial charge is 0.338 e. The van der Waals surface area contributed by atoms with Crippen LogP contribution in [0.1, 0.15) is 44.9 Å². The van der Waals surface area contributed by atoms with Gasteiger partial charge in [0.1, 0.15) is 5.75 Å². The molecule has 0 radical (unpaired) electrons. The highest BCUT2D eigenvalue weighted by Crippen LogP contribution is 2.45. The molecule has 1 aliphatic heterocycles. The van der Waals surface area contributed by atoms with Crippen LogP contribution in [0.25, 0.3) is 10.6 Å². The van der Waals surface area contributed by atoms with E-state index in [9.17, 15) is 14.7 Å². The number of thiophene rings is 1. The fraction of sp³-hybridized carbons (Fsp3) is 0.125. The molecule has 1 aliphatic rings. The van der Waals surface area contributed by atoms with Gasteiger partial charge in [-0.2, -0.15) is 5.10 Å². The number of nitrogens with one attached hydrogen (secondary N) is 1. The molecule has 5 rings (SSSR count). The van der Waals surface area contributed by atoms with Crippen molar-refractivity contribution in [3.05, 3.63) is 88.4 Å². The number of ether oxygens (including phenoxy) is 1. The first kappa shape index (κ1) is 20.0. The van der Waals surface area contributed by atoms with Crippen LogP contribution in [-0.2, 0) is 4.74 Å². The molecule has 2 N–H and O–H groups in total. The number of aromatic nitrogens is 2. The van der Waals surface area contributed by atoms with E-state index in [1.165, 1.54) is 0 Å². The van der Waals surface area contributed by atoms with Crippen molar-refractivity contribution in [3.8, 4) is 16.3 Å². The lowest BCUT2D eigenvalue weighted by Gasteiger charge is -2.26. The lowest BCUT2D eigenvalue weighted by atomic mass is 9.98. The Hall–Kier alpha value is -3.91. The minimum Gasteiger partial charge on any atom is -0.508 e. The van der Waals surface area contributed by atoms with Gasteiger partial charge in [-0.3, -0.25) is 14.8 Å². The highest BCUT2D eigenvalue weighted by molar-refractivity contribution is 7.13. The van der Waals surface area contributed by atoms with Crippen molar-refractivity contribution in [2.24, 2.45) is 0 Å². The standard InChI is InChI=1S/C24H19N3O4S/c1-2-31-24(30)15-5-9-16(10-6-15)27-22(14-7-11-17(28)12-8-14)19-20(18-4-3-13-32-18)25-26-21(19)23(27)29/h3-13,22,28H,2H2,1H3,(H,25,26)/t22-/m0/s1. The molecule has 2 aromatic carbocycles. The van der Waals surface area contributed by atoms with Gasteiger partial charge in [0, 0.05) is 11.3 Å². The van der Waals surface area contributed by atoms with Gasteiger partial charge in [0.15, 0.2) is 5.69 Å². The number of phenols is 1. The number of rotatable bonds is 5. The Morgan fingerprint density at radius 1 is 1.16 bits per heavy atom. The maximum Gasteiger partial charge on any atom is 0.338 e. The summed E-state index contributed by atoms with van der Waals surface area (Å²) < 4.78 is 5.06. The summed E-state index contributed by atoms with van der Waals surface area (Å²) in [6, 6.07) is 17.1. The molecule has 8 heteroatoms. The molecule has 32 heavy (non-hydrogen) atoms. The number of anilines is 1. The number of fused-ring (bicyclic) bond motifs is 1. The summed E-state index contributed by atoms with van der Waals surface area (Å²) in [4.78, 5) is 28.1. The van der Waals surface area contributed by atoms with Crippen molar-refractivity contribution in [1.29, 1.82) is 0 Å². The third kappa shape index (κ3) is 3.25.